The van der Waals surface area contributed by atoms with E-state index in [9.17, 15) is 4.79 Å². The smallest absolute Gasteiger partial charge is 0.272 e. The molecule has 0 spiro atoms. The lowest BCUT2D eigenvalue weighted by Gasteiger charge is -2.35. The zero-order valence-electron chi connectivity index (χ0n) is 21.6. The second-order valence-corrected chi connectivity index (χ2v) is 11.0. The highest BCUT2D eigenvalue weighted by Crippen LogP contribution is 2.36. The van der Waals surface area contributed by atoms with Crippen LogP contribution in [-0.4, -0.2) is 70.2 Å². The number of aromatic nitrogens is 4. The number of carbonyl (C=O) groups is 1. The van der Waals surface area contributed by atoms with E-state index in [0.717, 1.165) is 41.6 Å². The van der Waals surface area contributed by atoms with Gasteiger partial charge in [0, 0.05) is 45.1 Å². The summed E-state index contributed by atoms with van der Waals surface area (Å²) in [6, 6.07) is 3.89. The van der Waals surface area contributed by atoms with Crippen molar-refractivity contribution in [3.05, 3.63) is 35.2 Å². The van der Waals surface area contributed by atoms with Gasteiger partial charge in [0.25, 0.3) is 5.91 Å². The molecule has 0 aromatic carbocycles. The van der Waals surface area contributed by atoms with E-state index in [4.69, 9.17) is 26.3 Å². The van der Waals surface area contributed by atoms with Crippen LogP contribution in [0.3, 0.4) is 0 Å². The molecule has 0 N–H and O–H groups in total. The summed E-state index contributed by atoms with van der Waals surface area (Å²) in [6.07, 6.45) is 8.29. The van der Waals surface area contributed by atoms with Gasteiger partial charge in [0.2, 0.25) is 5.95 Å². The van der Waals surface area contributed by atoms with Crippen LogP contribution in [0.1, 0.15) is 50.0 Å². The van der Waals surface area contributed by atoms with E-state index in [0.29, 0.717) is 35.5 Å². The number of morpholine rings is 1. The maximum absolute atomic E-state index is 13.0. The van der Waals surface area contributed by atoms with Gasteiger partial charge in [-0.05, 0) is 43.7 Å². The van der Waals surface area contributed by atoms with Gasteiger partial charge in [0.05, 0.1) is 41.0 Å². The highest BCUT2D eigenvalue weighted by molar-refractivity contribution is 6.30. The molecular weight excluding hydrogens is 476 g/mol. The molecule has 1 aliphatic heterocycles. The van der Waals surface area contributed by atoms with E-state index in [1.165, 1.54) is 25.7 Å². The molecule has 0 unspecified atom stereocenters. The van der Waals surface area contributed by atoms with Gasteiger partial charge in [0.1, 0.15) is 5.69 Å². The number of nitrogens with zero attached hydrogens (tertiary/aromatic N) is 6. The first-order valence-electron chi connectivity index (χ1n) is 12.9. The number of pyridine rings is 2. The Bertz CT molecular complexity index is 1250. The Morgan fingerprint density at radius 2 is 1.92 bits per heavy atom. The molecule has 2 fully saturated rings. The maximum atomic E-state index is 13.0. The highest BCUT2D eigenvalue weighted by atomic mass is 35.5. The summed E-state index contributed by atoms with van der Waals surface area (Å²) in [4.78, 5) is 31.2. The second-order valence-electron chi connectivity index (χ2n) is 10.6. The number of anilines is 1. The van der Waals surface area contributed by atoms with Crippen LogP contribution in [0.15, 0.2) is 24.5 Å². The molecule has 192 valence electrons. The topological polar surface area (TPSA) is 76.4 Å². The summed E-state index contributed by atoms with van der Waals surface area (Å²) in [5.41, 5.74) is 3.53. The van der Waals surface area contributed by atoms with Gasteiger partial charge >= 0.3 is 0 Å². The normalized spacial score (nSPS) is 22.7. The fourth-order valence-corrected chi connectivity index (χ4v) is 5.59. The molecule has 3 aromatic rings. The molecule has 1 amide bonds. The lowest BCUT2D eigenvalue weighted by Crippen LogP contribution is -2.45. The van der Waals surface area contributed by atoms with E-state index in [1.807, 2.05) is 12.1 Å². The van der Waals surface area contributed by atoms with Crippen LogP contribution in [0.4, 0.5) is 5.95 Å². The van der Waals surface area contributed by atoms with Crippen LogP contribution in [0.25, 0.3) is 22.3 Å². The molecule has 5 rings (SSSR count). The summed E-state index contributed by atoms with van der Waals surface area (Å²) in [5, 5.41) is 0.529. The van der Waals surface area contributed by atoms with Crippen molar-refractivity contribution < 1.29 is 9.53 Å². The number of rotatable bonds is 5. The minimum absolute atomic E-state index is 0.162. The Morgan fingerprint density at radius 1 is 1.14 bits per heavy atom. The minimum atomic E-state index is -0.162. The first-order valence-corrected chi connectivity index (χ1v) is 13.3. The average molecular weight is 511 g/mol. The number of fused-ring (bicyclic) bond motifs is 1. The highest BCUT2D eigenvalue weighted by Gasteiger charge is 2.29. The Morgan fingerprint density at radius 3 is 2.61 bits per heavy atom. The summed E-state index contributed by atoms with van der Waals surface area (Å²) < 4.78 is 8.07. The predicted molar refractivity (Wildman–Crippen MR) is 143 cm³/mol. The second kappa shape index (κ2) is 10.3. The predicted octanol–water partition coefficient (Wildman–Crippen LogP) is 4.90. The summed E-state index contributed by atoms with van der Waals surface area (Å²) >= 11 is 6.34. The standard InChI is InChI=1S/C27H35ClN6O2/c1-17-5-7-19(8-6-17)15-34-25-22(31-27(34)33-9-10-36-16-18(33)2)12-23(26(35)32(3)4)30-24(25)20-11-21(28)14-29-13-20/h11-14,17-19H,5-10,15-16H2,1-4H3/t17?,18-,19?/m1/s1. The average Bonchev–Trinajstić information content (AvgIpc) is 3.22. The van der Waals surface area contributed by atoms with E-state index in [-0.39, 0.29) is 11.9 Å². The van der Waals surface area contributed by atoms with Crippen molar-refractivity contribution in [3.8, 4) is 11.3 Å². The zero-order chi connectivity index (χ0) is 25.4. The fourth-order valence-electron chi connectivity index (χ4n) is 5.41. The van der Waals surface area contributed by atoms with Gasteiger partial charge < -0.3 is 19.1 Å². The molecule has 1 aliphatic carbocycles. The van der Waals surface area contributed by atoms with Crippen molar-refractivity contribution >= 4 is 34.5 Å². The molecule has 0 radical (unpaired) electrons. The number of ether oxygens (including phenoxy) is 1. The molecule has 1 saturated heterocycles. The van der Waals surface area contributed by atoms with Gasteiger partial charge in [-0.25, -0.2) is 9.97 Å². The van der Waals surface area contributed by atoms with Crippen LogP contribution >= 0.6 is 11.6 Å². The van der Waals surface area contributed by atoms with Crippen LogP contribution in [-0.2, 0) is 11.3 Å². The summed E-state index contributed by atoms with van der Waals surface area (Å²) in [5.74, 6) is 2.12. The molecule has 36 heavy (non-hydrogen) atoms. The van der Waals surface area contributed by atoms with Crippen molar-refractivity contribution in [2.75, 3.05) is 38.8 Å². The van der Waals surface area contributed by atoms with Crippen molar-refractivity contribution in [2.24, 2.45) is 11.8 Å². The minimum Gasteiger partial charge on any atom is -0.377 e. The van der Waals surface area contributed by atoms with Gasteiger partial charge in [-0.15, -0.1) is 0 Å². The van der Waals surface area contributed by atoms with Crippen molar-refractivity contribution in [3.63, 3.8) is 0 Å². The van der Waals surface area contributed by atoms with E-state index < -0.39 is 0 Å². The Kier molecular flexibility index (Phi) is 7.17. The lowest BCUT2D eigenvalue weighted by atomic mass is 9.83. The van der Waals surface area contributed by atoms with Crippen molar-refractivity contribution in [1.82, 2.24) is 24.4 Å². The maximum Gasteiger partial charge on any atom is 0.272 e. The third-order valence-electron chi connectivity index (χ3n) is 7.51. The molecule has 2 aliphatic rings. The monoisotopic (exact) mass is 510 g/mol. The molecule has 3 aromatic heterocycles. The molecule has 1 saturated carbocycles. The molecule has 4 heterocycles. The van der Waals surface area contributed by atoms with Crippen LogP contribution in [0.2, 0.25) is 5.02 Å². The number of halogens is 1. The number of carbonyl (C=O) groups excluding carboxylic acids is 1. The first-order chi connectivity index (χ1) is 17.3. The zero-order valence-corrected chi connectivity index (χ0v) is 22.3. The number of imidazole rings is 1. The molecule has 9 heteroatoms. The van der Waals surface area contributed by atoms with Crippen LogP contribution in [0.5, 0.6) is 0 Å². The number of hydrogen-bond donors (Lipinski definition) is 0. The van der Waals surface area contributed by atoms with E-state index in [2.05, 4.69) is 28.3 Å². The summed E-state index contributed by atoms with van der Waals surface area (Å²) in [6.45, 7) is 7.50. The van der Waals surface area contributed by atoms with Crippen molar-refractivity contribution in [1.29, 1.82) is 0 Å². The Balaban J connectivity index is 1.73. The van der Waals surface area contributed by atoms with Gasteiger partial charge in [-0.3, -0.25) is 9.78 Å². The van der Waals surface area contributed by atoms with E-state index in [1.54, 1.807) is 31.4 Å². The fraction of sp³-hybridized carbons (Fsp3) is 0.556. The largest absolute Gasteiger partial charge is 0.377 e. The number of hydrogen-bond acceptors (Lipinski definition) is 6. The lowest BCUT2D eigenvalue weighted by molar-refractivity contribution is 0.0822. The molecule has 0 bridgehead atoms. The Labute approximate surface area is 217 Å². The molecule has 8 nitrogen and oxygen atoms in total. The Hall–Kier alpha value is -2.71. The summed E-state index contributed by atoms with van der Waals surface area (Å²) in [7, 11) is 3.47. The van der Waals surface area contributed by atoms with Crippen LogP contribution in [0, 0.1) is 11.8 Å². The molecular formula is C27H35ClN6O2. The van der Waals surface area contributed by atoms with E-state index >= 15 is 0 Å². The third-order valence-corrected chi connectivity index (χ3v) is 7.72. The van der Waals surface area contributed by atoms with Gasteiger partial charge in [-0.1, -0.05) is 31.4 Å². The van der Waals surface area contributed by atoms with Gasteiger partial charge in [-0.2, -0.15) is 0 Å². The SMILES string of the molecule is CC1CCC(Cn2c(N3CCOC[C@H]3C)nc3cc(C(=O)N(C)C)nc(-c4cncc(Cl)c4)c32)CC1. The number of amides is 1. The van der Waals surface area contributed by atoms with Crippen LogP contribution < -0.4 is 4.90 Å². The first kappa shape index (κ1) is 25.0. The molecule has 1 atom stereocenters. The van der Waals surface area contributed by atoms with Crippen molar-refractivity contribution in [2.45, 2.75) is 52.1 Å². The third kappa shape index (κ3) is 4.93. The quantitative estimate of drug-likeness (QED) is 0.486. The van der Waals surface area contributed by atoms with Gasteiger partial charge in [0.15, 0.2) is 0 Å².